The number of hydrogen-bond donors (Lipinski definition) is 0. The van der Waals surface area contributed by atoms with E-state index in [0.29, 0.717) is 0 Å². The lowest BCUT2D eigenvalue weighted by atomic mass is 10.1. The summed E-state index contributed by atoms with van der Waals surface area (Å²) in [5, 5.41) is 11.8. The SMILES string of the molecule is c1ccc(-n2c3ccccc3c3ccc4c5ccccc5n(-c5cccc(-n6c7ccccc7c7cc8c(cc76)c6ccccc6n8-c6ccc7oc8ccccc8c7c6)n5)c4c32)cc1. The maximum Gasteiger partial charge on any atom is 0.140 e. The van der Waals surface area contributed by atoms with Crippen molar-refractivity contribution in [2.45, 2.75) is 0 Å². The zero-order valence-electron chi connectivity index (χ0n) is 34.9. The van der Waals surface area contributed by atoms with Crippen molar-refractivity contribution < 1.29 is 4.42 Å². The van der Waals surface area contributed by atoms with Crippen LogP contribution in [0.4, 0.5) is 0 Å². The summed E-state index contributed by atoms with van der Waals surface area (Å²) in [5.74, 6) is 1.72. The molecule has 302 valence electrons. The molecule has 0 spiro atoms. The number of rotatable bonds is 4. The third-order valence-corrected chi connectivity index (χ3v) is 13.7. The van der Waals surface area contributed by atoms with E-state index in [1.165, 1.54) is 48.6 Å². The molecule has 0 fully saturated rings. The van der Waals surface area contributed by atoms with Gasteiger partial charge < -0.3 is 13.6 Å². The van der Waals surface area contributed by atoms with E-state index in [0.717, 1.165) is 83.6 Å². The topological polar surface area (TPSA) is 45.8 Å². The maximum absolute atomic E-state index is 6.26. The molecule has 6 nitrogen and oxygen atoms in total. The standard InChI is InChI=1S/C59H35N5O/c1-2-15-36(16-3-1)62-49-23-10-4-17-38(49)43-30-31-44-39-18-5-12-25-51(39)64(59(44)58(43)62)57-28-14-27-56(60-57)63-50-24-11-7-20-41(50)46-34-52-45(35-53(46)63)40-19-6-9-22-48(40)61(52)37-29-32-55-47(33-37)42-21-8-13-26-54(42)65-55/h1-35H. The first-order valence-corrected chi connectivity index (χ1v) is 22.1. The predicted molar refractivity (Wildman–Crippen MR) is 269 cm³/mol. The van der Waals surface area contributed by atoms with Crippen LogP contribution in [0, 0.1) is 0 Å². The van der Waals surface area contributed by atoms with Gasteiger partial charge in [0, 0.05) is 65.2 Å². The first-order valence-electron chi connectivity index (χ1n) is 22.1. The van der Waals surface area contributed by atoms with Crippen molar-refractivity contribution in [3.05, 3.63) is 212 Å². The molecule has 0 saturated heterocycles. The highest BCUT2D eigenvalue weighted by Gasteiger charge is 2.23. The number of furan rings is 1. The Balaban J connectivity index is 1.00. The number of hydrogen-bond acceptors (Lipinski definition) is 2. The third kappa shape index (κ3) is 4.69. The van der Waals surface area contributed by atoms with E-state index in [1.807, 2.05) is 12.1 Å². The lowest BCUT2D eigenvalue weighted by Crippen LogP contribution is -2.04. The molecule has 0 atom stereocenters. The molecule has 6 heterocycles. The van der Waals surface area contributed by atoms with Crippen LogP contribution in [0.15, 0.2) is 217 Å². The van der Waals surface area contributed by atoms with Gasteiger partial charge in [-0.2, -0.15) is 0 Å². The molecule has 15 rings (SSSR count). The van der Waals surface area contributed by atoms with Gasteiger partial charge in [-0.25, -0.2) is 4.98 Å². The van der Waals surface area contributed by atoms with Crippen molar-refractivity contribution in [3.63, 3.8) is 0 Å². The fourth-order valence-electron chi connectivity index (χ4n) is 11.1. The summed E-state index contributed by atoms with van der Waals surface area (Å²) < 4.78 is 15.8. The Hall–Kier alpha value is -8.87. The molecular formula is C59H35N5O. The normalized spacial score (nSPS) is 12.3. The van der Waals surface area contributed by atoms with E-state index in [2.05, 4.69) is 218 Å². The fraction of sp³-hybridized carbons (Fsp3) is 0. The first-order chi connectivity index (χ1) is 32.3. The Morgan fingerprint density at radius 3 is 1.40 bits per heavy atom. The highest BCUT2D eigenvalue weighted by atomic mass is 16.3. The molecule has 0 radical (unpaired) electrons. The Morgan fingerprint density at radius 1 is 0.262 bits per heavy atom. The minimum Gasteiger partial charge on any atom is -0.456 e. The van der Waals surface area contributed by atoms with Crippen LogP contribution in [0.1, 0.15) is 0 Å². The third-order valence-electron chi connectivity index (χ3n) is 13.7. The molecule has 0 aliphatic heterocycles. The summed E-state index contributed by atoms with van der Waals surface area (Å²) in [6.45, 7) is 0. The predicted octanol–water partition coefficient (Wildman–Crippen LogP) is 15.4. The summed E-state index contributed by atoms with van der Waals surface area (Å²) in [7, 11) is 0. The molecular weight excluding hydrogens is 795 g/mol. The van der Waals surface area contributed by atoms with Crippen LogP contribution in [0.2, 0.25) is 0 Å². The number of pyridine rings is 1. The molecule has 0 amide bonds. The maximum atomic E-state index is 6.26. The van der Waals surface area contributed by atoms with E-state index >= 15 is 0 Å². The summed E-state index contributed by atoms with van der Waals surface area (Å²) >= 11 is 0. The highest BCUT2D eigenvalue weighted by Crippen LogP contribution is 2.43. The van der Waals surface area contributed by atoms with Crippen molar-refractivity contribution in [1.29, 1.82) is 0 Å². The van der Waals surface area contributed by atoms with E-state index < -0.39 is 0 Å². The molecule has 0 aliphatic rings. The first kappa shape index (κ1) is 34.7. The van der Waals surface area contributed by atoms with Gasteiger partial charge in [-0.15, -0.1) is 0 Å². The van der Waals surface area contributed by atoms with Crippen LogP contribution in [0.5, 0.6) is 0 Å². The van der Waals surface area contributed by atoms with E-state index in [9.17, 15) is 0 Å². The average Bonchev–Trinajstić information content (AvgIpc) is 4.16. The van der Waals surface area contributed by atoms with Crippen molar-refractivity contribution in [2.75, 3.05) is 0 Å². The van der Waals surface area contributed by atoms with E-state index in [1.54, 1.807) is 0 Å². The Bertz CT molecular complexity index is 4480. The molecule has 15 aromatic rings. The van der Waals surface area contributed by atoms with Gasteiger partial charge in [-0.1, -0.05) is 127 Å². The van der Waals surface area contributed by atoms with Gasteiger partial charge in [-0.3, -0.25) is 9.13 Å². The van der Waals surface area contributed by atoms with E-state index in [4.69, 9.17) is 9.40 Å². The van der Waals surface area contributed by atoms with Gasteiger partial charge in [0.1, 0.15) is 22.8 Å². The molecule has 0 bridgehead atoms. The van der Waals surface area contributed by atoms with Crippen LogP contribution in [-0.2, 0) is 0 Å². The van der Waals surface area contributed by atoms with Gasteiger partial charge in [-0.05, 0) is 84.9 Å². The molecule has 65 heavy (non-hydrogen) atoms. The smallest absolute Gasteiger partial charge is 0.140 e. The number of aromatic nitrogens is 5. The van der Waals surface area contributed by atoms with Gasteiger partial charge in [0.05, 0.1) is 44.1 Å². The Kier molecular flexibility index (Phi) is 6.86. The second-order valence-corrected chi connectivity index (χ2v) is 17.1. The van der Waals surface area contributed by atoms with Crippen molar-refractivity contribution in [2.24, 2.45) is 0 Å². The van der Waals surface area contributed by atoms with Crippen LogP contribution in [0.3, 0.4) is 0 Å². The fourth-order valence-corrected chi connectivity index (χ4v) is 11.1. The average molecular weight is 830 g/mol. The molecule has 0 saturated carbocycles. The highest BCUT2D eigenvalue weighted by molar-refractivity contribution is 6.24. The largest absolute Gasteiger partial charge is 0.456 e. The molecule has 0 aliphatic carbocycles. The quantitative estimate of drug-likeness (QED) is 0.177. The van der Waals surface area contributed by atoms with Gasteiger partial charge in [0.2, 0.25) is 0 Å². The minimum absolute atomic E-state index is 0.857. The zero-order chi connectivity index (χ0) is 42.3. The second kappa shape index (κ2) is 12.8. The lowest BCUT2D eigenvalue weighted by molar-refractivity contribution is 0.669. The lowest BCUT2D eigenvalue weighted by Gasteiger charge is -2.14. The number of para-hydroxylation sites is 6. The van der Waals surface area contributed by atoms with Crippen molar-refractivity contribution >= 4 is 109 Å². The van der Waals surface area contributed by atoms with Gasteiger partial charge in [0.25, 0.3) is 0 Å². The Morgan fingerprint density at radius 2 is 0.738 bits per heavy atom. The molecule has 6 heteroatoms. The van der Waals surface area contributed by atoms with Crippen LogP contribution in [-0.4, -0.2) is 23.3 Å². The summed E-state index contributed by atoms with van der Waals surface area (Å²) in [6, 6.07) is 76.4. The number of benzene rings is 9. The van der Waals surface area contributed by atoms with Crippen molar-refractivity contribution in [3.8, 4) is 23.0 Å². The number of fused-ring (bicyclic) bond motifs is 16. The molecule has 0 unspecified atom stereocenters. The van der Waals surface area contributed by atoms with Gasteiger partial charge >= 0.3 is 0 Å². The number of nitrogens with zero attached hydrogens (tertiary/aromatic N) is 5. The molecule has 9 aromatic carbocycles. The van der Waals surface area contributed by atoms with E-state index in [-0.39, 0.29) is 0 Å². The summed E-state index contributed by atoms with van der Waals surface area (Å²) in [6.07, 6.45) is 0. The summed E-state index contributed by atoms with van der Waals surface area (Å²) in [4.78, 5) is 5.67. The minimum atomic E-state index is 0.857. The second-order valence-electron chi connectivity index (χ2n) is 17.1. The monoisotopic (exact) mass is 829 g/mol. The van der Waals surface area contributed by atoms with Crippen LogP contribution in [0.25, 0.3) is 132 Å². The molecule has 0 N–H and O–H groups in total. The van der Waals surface area contributed by atoms with Crippen molar-refractivity contribution in [1.82, 2.24) is 23.3 Å². The van der Waals surface area contributed by atoms with Crippen LogP contribution >= 0.6 is 0 Å². The van der Waals surface area contributed by atoms with Gasteiger partial charge in [0.15, 0.2) is 0 Å². The van der Waals surface area contributed by atoms with Crippen LogP contribution < -0.4 is 0 Å². The summed E-state index contributed by atoms with van der Waals surface area (Å²) in [5.41, 5.74) is 13.1. The zero-order valence-corrected chi connectivity index (χ0v) is 34.9. The Labute approximate surface area is 370 Å². The molecule has 6 aromatic heterocycles.